The Labute approximate surface area is 121 Å². The number of nitrogens with zero attached hydrogens (tertiary/aromatic N) is 1. The van der Waals surface area contributed by atoms with Crippen LogP contribution in [0.4, 0.5) is 5.82 Å². The van der Waals surface area contributed by atoms with Crippen LogP contribution in [0.15, 0.2) is 47.8 Å². The van der Waals surface area contributed by atoms with Gasteiger partial charge in [-0.05, 0) is 29.9 Å². The van der Waals surface area contributed by atoms with E-state index in [0.717, 1.165) is 18.4 Å². The van der Waals surface area contributed by atoms with E-state index in [1.807, 2.05) is 0 Å². The number of nitrogen functional groups attached to an aromatic ring is 1. The van der Waals surface area contributed by atoms with Crippen LogP contribution in [0.2, 0.25) is 0 Å². The Hall–Kier alpha value is -2.07. The number of aromatic nitrogens is 2. The van der Waals surface area contributed by atoms with Crippen LogP contribution in [0, 0.1) is 0 Å². The molecular formula is C16H15N3S. The van der Waals surface area contributed by atoms with E-state index in [-0.39, 0.29) is 5.41 Å². The number of anilines is 1. The van der Waals surface area contributed by atoms with Gasteiger partial charge in [0.1, 0.15) is 0 Å². The second-order valence-corrected chi connectivity index (χ2v) is 6.23. The molecule has 0 atom stereocenters. The van der Waals surface area contributed by atoms with Crippen molar-refractivity contribution in [1.82, 2.24) is 10.2 Å². The largest absolute Gasteiger partial charge is 0.382 e. The molecule has 3 aromatic rings. The zero-order chi connectivity index (χ0) is 13.6. The third-order valence-corrected chi connectivity index (χ3v) is 5.00. The summed E-state index contributed by atoms with van der Waals surface area (Å²) in [5, 5.41) is 9.54. The van der Waals surface area contributed by atoms with Gasteiger partial charge in [-0.1, -0.05) is 36.4 Å². The molecule has 4 rings (SSSR count). The molecule has 4 heteroatoms. The Bertz CT molecular complexity index is 724. The topological polar surface area (TPSA) is 54.7 Å². The molecule has 3 N–H and O–H groups in total. The molecule has 0 unspecified atom stereocenters. The summed E-state index contributed by atoms with van der Waals surface area (Å²) < 4.78 is 0. The monoisotopic (exact) mass is 281 g/mol. The fraction of sp³-hybridized carbons (Fsp3) is 0.188. The normalized spacial score (nSPS) is 16.2. The molecule has 100 valence electrons. The van der Waals surface area contributed by atoms with Crippen molar-refractivity contribution in [3.8, 4) is 10.4 Å². The molecule has 20 heavy (non-hydrogen) atoms. The molecule has 0 spiro atoms. The summed E-state index contributed by atoms with van der Waals surface area (Å²) >= 11 is 1.71. The summed E-state index contributed by atoms with van der Waals surface area (Å²) in [6.45, 7) is 0. The molecule has 3 nitrogen and oxygen atoms in total. The minimum absolute atomic E-state index is 0.0746. The van der Waals surface area contributed by atoms with Gasteiger partial charge >= 0.3 is 0 Å². The van der Waals surface area contributed by atoms with Crippen LogP contribution in [-0.2, 0) is 5.41 Å². The quantitative estimate of drug-likeness (QED) is 0.767. The first-order valence-corrected chi connectivity index (χ1v) is 7.63. The molecule has 1 saturated carbocycles. The third kappa shape index (κ3) is 1.61. The van der Waals surface area contributed by atoms with E-state index >= 15 is 0 Å². The van der Waals surface area contributed by atoms with Crippen molar-refractivity contribution in [2.24, 2.45) is 0 Å². The van der Waals surface area contributed by atoms with E-state index < -0.39 is 0 Å². The molecule has 1 fully saturated rings. The summed E-state index contributed by atoms with van der Waals surface area (Å²) in [7, 11) is 0. The molecular weight excluding hydrogens is 266 g/mol. The van der Waals surface area contributed by atoms with Crippen molar-refractivity contribution in [1.29, 1.82) is 0 Å². The number of thiophene rings is 1. The van der Waals surface area contributed by atoms with Gasteiger partial charge in [0.05, 0.1) is 11.3 Å². The average Bonchev–Trinajstić information content (AvgIpc) is 2.93. The fourth-order valence-corrected chi connectivity index (χ4v) is 3.72. The van der Waals surface area contributed by atoms with Crippen LogP contribution in [0.25, 0.3) is 10.4 Å². The van der Waals surface area contributed by atoms with Gasteiger partial charge < -0.3 is 5.73 Å². The molecule has 1 aromatic carbocycles. The minimum Gasteiger partial charge on any atom is -0.382 e. The Kier molecular flexibility index (Phi) is 2.47. The smallest absolute Gasteiger partial charge is 0.154 e. The second-order valence-electron chi connectivity index (χ2n) is 5.28. The van der Waals surface area contributed by atoms with Gasteiger partial charge in [-0.3, -0.25) is 5.10 Å². The molecule has 0 radical (unpaired) electrons. The standard InChI is InChI=1S/C16H15N3S/c17-15-13(12-7-4-10-20-12)14(18-19-15)16(8-9-16)11-5-2-1-3-6-11/h1-7,10H,8-9H2,(H3,17,18,19). The van der Waals surface area contributed by atoms with Crippen molar-refractivity contribution in [2.45, 2.75) is 18.3 Å². The van der Waals surface area contributed by atoms with Crippen molar-refractivity contribution < 1.29 is 0 Å². The van der Waals surface area contributed by atoms with Crippen molar-refractivity contribution in [2.75, 3.05) is 5.73 Å². The van der Waals surface area contributed by atoms with E-state index in [2.05, 4.69) is 58.0 Å². The van der Waals surface area contributed by atoms with Gasteiger partial charge in [0, 0.05) is 10.3 Å². The zero-order valence-corrected chi connectivity index (χ0v) is 11.8. The lowest BCUT2D eigenvalue weighted by Crippen LogP contribution is -2.10. The lowest BCUT2D eigenvalue weighted by atomic mass is 9.89. The van der Waals surface area contributed by atoms with Gasteiger partial charge in [-0.25, -0.2) is 0 Å². The zero-order valence-electron chi connectivity index (χ0n) is 11.0. The number of H-pyrrole nitrogens is 1. The van der Waals surface area contributed by atoms with E-state index in [9.17, 15) is 0 Å². The van der Waals surface area contributed by atoms with Crippen molar-refractivity contribution >= 4 is 17.2 Å². The molecule has 0 bridgehead atoms. The van der Waals surface area contributed by atoms with Crippen molar-refractivity contribution in [3.05, 3.63) is 59.1 Å². The highest BCUT2D eigenvalue weighted by Gasteiger charge is 2.49. The third-order valence-electron chi connectivity index (χ3n) is 4.12. The molecule has 0 amide bonds. The predicted molar refractivity (Wildman–Crippen MR) is 82.8 cm³/mol. The van der Waals surface area contributed by atoms with Crippen LogP contribution < -0.4 is 5.73 Å². The summed E-state index contributed by atoms with van der Waals surface area (Å²) in [5.41, 5.74) is 9.78. The Morgan fingerprint density at radius 3 is 2.55 bits per heavy atom. The van der Waals surface area contributed by atoms with E-state index in [4.69, 9.17) is 5.73 Å². The fourth-order valence-electron chi connectivity index (χ4n) is 2.94. The molecule has 1 aliphatic rings. The van der Waals surface area contributed by atoms with E-state index in [0.29, 0.717) is 5.82 Å². The summed E-state index contributed by atoms with van der Waals surface area (Å²) in [6, 6.07) is 14.8. The predicted octanol–water partition coefficient (Wildman–Crippen LogP) is 3.80. The van der Waals surface area contributed by atoms with Crippen LogP contribution in [0.3, 0.4) is 0 Å². The number of nitrogens with one attached hydrogen (secondary N) is 1. The maximum absolute atomic E-state index is 6.10. The number of hydrogen-bond acceptors (Lipinski definition) is 3. The summed E-state index contributed by atoms with van der Waals surface area (Å²) in [6.07, 6.45) is 2.30. The SMILES string of the molecule is Nc1n[nH]c(C2(c3ccccc3)CC2)c1-c1cccs1. The maximum Gasteiger partial charge on any atom is 0.154 e. The highest BCUT2D eigenvalue weighted by molar-refractivity contribution is 7.13. The van der Waals surface area contributed by atoms with Crippen LogP contribution in [-0.4, -0.2) is 10.2 Å². The van der Waals surface area contributed by atoms with Gasteiger partial charge in [0.15, 0.2) is 5.82 Å². The lowest BCUT2D eigenvalue weighted by Gasteiger charge is -2.15. The van der Waals surface area contributed by atoms with Crippen LogP contribution in [0.5, 0.6) is 0 Å². The van der Waals surface area contributed by atoms with Gasteiger partial charge in [-0.15, -0.1) is 11.3 Å². The summed E-state index contributed by atoms with van der Waals surface area (Å²) in [4.78, 5) is 1.19. The highest BCUT2D eigenvalue weighted by Crippen LogP contribution is 2.56. The first kappa shape index (κ1) is 11.7. The molecule has 2 aromatic heterocycles. The average molecular weight is 281 g/mol. The minimum atomic E-state index is 0.0746. The maximum atomic E-state index is 6.10. The van der Waals surface area contributed by atoms with Crippen molar-refractivity contribution in [3.63, 3.8) is 0 Å². The number of hydrogen-bond donors (Lipinski definition) is 2. The number of nitrogens with two attached hydrogens (primary N) is 1. The first-order chi connectivity index (χ1) is 9.81. The van der Waals surface area contributed by atoms with E-state index in [1.54, 1.807) is 11.3 Å². The Morgan fingerprint density at radius 1 is 1.10 bits per heavy atom. The van der Waals surface area contributed by atoms with Gasteiger partial charge in [0.2, 0.25) is 0 Å². The van der Waals surface area contributed by atoms with E-state index in [1.165, 1.54) is 16.1 Å². The lowest BCUT2D eigenvalue weighted by molar-refractivity contribution is 0.794. The molecule has 1 aliphatic carbocycles. The highest BCUT2D eigenvalue weighted by atomic mass is 32.1. The second kappa shape index (κ2) is 4.21. The summed E-state index contributed by atoms with van der Waals surface area (Å²) in [5.74, 6) is 0.602. The number of benzene rings is 1. The number of rotatable bonds is 3. The number of aromatic amines is 1. The van der Waals surface area contributed by atoms with Gasteiger partial charge in [-0.2, -0.15) is 5.10 Å². The van der Waals surface area contributed by atoms with Gasteiger partial charge in [0.25, 0.3) is 0 Å². The molecule has 0 saturated heterocycles. The Morgan fingerprint density at radius 2 is 1.90 bits per heavy atom. The van der Waals surface area contributed by atoms with Crippen LogP contribution in [0.1, 0.15) is 24.1 Å². The Balaban J connectivity index is 1.89. The molecule has 2 heterocycles. The van der Waals surface area contributed by atoms with Crippen LogP contribution >= 0.6 is 11.3 Å². The molecule has 0 aliphatic heterocycles. The first-order valence-electron chi connectivity index (χ1n) is 6.75.